The number of carbonyl (C=O) groups excluding carboxylic acids is 4. The molecule has 2 atom stereocenters. The molecule has 0 saturated heterocycles. The first-order chi connectivity index (χ1) is 24.9. The molecule has 0 aliphatic rings. The summed E-state index contributed by atoms with van der Waals surface area (Å²) in [5.41, 5.74) is 7.36. The first kappa shape index (κ1) is 39.7. The van der Waals surface area contributed by atoms with Gasteiger partial charge in [0.2, 0.25) is 12.1 Å². The summed E-state index contributed by atoms with van der Waals surface area (Å²) in [6.45, 7) is 10.7. The number of rotatable bonds is 15. The Morgan fingerprint density at radius 1 is 0.577 bits per heavy atom. The van der Waals surface area contributed by atoms with Gasteiger partial charge in [-0.25, -0.2) is 0 Å². The molecule has 2 amide bonds. The normalized spacial score (nSPS) is 12.5. The molecule has 0 aliphatic carbocycles. The van der Waals surface area contributed by atoms with Crippen LogP contribution < -0.4 is 10.6 Å². The van der Waals surface area contributed by atoms with Gasteiger partial charge in [-0.2, -0.15) is 20.5 Å². The van der Waals surface area contributed by atoms with Crippen LogP contribution in [-0.2, 0) is 44.9 Å². The largest absolute Gasteiger partial charge is 0.324 e. The Labute approximate surface area is 314 Å². The molecule has 4 rings (SSSR count). The summed E-state index contributed by atoms with van der Waals surface area (Å²) in [5, 5.41) is 22.2. The first-order valence-electron chi connectivity index (χ1n) is 17.2. The van der Waals surface area contributed by atoms with Gasteiger partial charge in [0.05, 0.1) is 15.7 Å². The second kappa shape index (κ2) is 18.4. The van der Waals surface area contributed by atoms with Gasteiger partial charge in [-0.05, 0) is 110 Å². The summed E-state index contributed by atoms with van der Waals surface area (Å²) in [6, 6.07) is 19.1. The van der Waals surface area contributed by atoms with Crippen LogP contribution >= 0.6 is 23.2 Å². The summed E-state index contributed by atoms with van der Waals surface area (Å²) in [7, 11) is 0. The predicted octanol–water partition coefficient (Wildman–Crippen LogP) is 10.3. The van der Waals surface area contributed by atoms with Gasteiger partial charge in [0, 0.05) is 16.9 Å². The molecule has 4 aromatic carbocycles. The summed E-state index contributed by atoms with van der Waals surface area (Å²) in [4.78, 5) is 50.8. The van der Waals surface area contributed by atoms with Gasteiger partial charge in [-0.15, -0.1) is 0 Å². The van der Waals surface area contributed by atoms with Crippen LogP contribution in [0, 0.1) is 0 Å². The van der Waals surface area contributed by atoms with Crippen molar-refractivity contribution in [3.05, 3.63) is 105 Å². The van der Waals surface area contributed by atoms with Crippen molar-refractivity contribution in [2.24, 2.45) is 20.5 Å². The van der Waals surface area contributed by atoms with Crippen molar-refractivity contribution in [3.63, 3.8) is 0 Å². The third-order valence-corrected chi connectivity index (χ3v) is 9.22. The van der Waals surface area contributed by atoms with Crippen LogP contribution in [0.25, 0.3) is 11.1 Å². The number of ketones is 2. The van der Waals surface area contributed by atoms with Gasteiger partial charge in [-0.1, -0.05) is 81.2 Å². The van der Waals surface area contributed by atoms with Gasteiger partial charge < -0.3 is 10.6 Å². The average Bonchev–Trinajstić information content (AvgIpc) is 3.13. The number of halogens is 2. The molecule has 12 heteroatoms. The zero-order valence-corrected chi connectivity index (χ0v) is 31.6. The highest BCUT2D eigenvalue weighted by Crippen LogP contribution is 2.40. The number of hydrogen-bond acceptors (Lipinski definition) is 8. The fraction of sp³-hybridized carbons (Fsp3) is 0.300. The van der Waals surface area contributed by atoms with E-state index in [0.29, 0.717) is 28.2 Å². The number of carbonyl (C=O) groups is 4. The molecule has 4 aromatic rings. The Hall–Kier alpha value is -5.06. The number of nitrogens with zero attached hydrogens (tertiary/aromatic N) is 4. The van der Waals surface area contributed by atoms with E-state index in [1.165, 1.54) is 13.8 Å². The van der Waals surface area contributed by atoms with E-state index in [2.05, 4.69) is 43.2 Å². The molecular weight excluding hydrogens is 699 g/mol. The van der Waals surface area contributed by atoms with E-state index in [1.807, 2.05) is 52.0 Å². The van der Waals surface area contributed by atoms with E-state index in [0.717, 1.165) is 47.9 Å². The van der Waals surface area contributed by atoms with E-state index in [-0.39, 0.29) is 15.7 Å². The van der Waals surface area contributed by atoms with Crippen molar-refractivity contribution in [2.45, 2.75) is 79.3 Å². The maximum absolute atomic E-state index is 13.1. The molecule has 0 bridgehead atoms. The second-order valence-electron chi connectivity index (χ2n) is 12.2. The number of hydrogen-bond donors (Lipinski definition) is 2. The lowest BCUT2D eigenvalue weighted by molar-refractivity contribution is -0.127. The monoisotopic (exact) mass is 740 g/mol. The Kier molecular flexibility index (Phi) is 14.1. The molecule has 270 valence electrons. The summed E-state index contributed by atoms with van der Waals surface area (Å²) in [6.07, 6.45) is 3.22. The number of Topliss-reactive ketones (excluding diaryl/α,β-unsaturated/α-hetero) is 2. The number of aryl methyl sites for hydroxylation is 4. The van der Waals surface area contributed by atoms with Gasteiger partial charge in [0.1, 0.15) is 5.69 Å². The standard InChI is InChI=1S/C40H42Cl2N6O4/c1-7-25-17-26(8-2)20-31(19-25)43-39(51)37(23(5)49)47-45-30-13-11-29(12-14-30)33-15-16-34(36(42)35(33)41)46-48-38(24(6)50)40(52)44-32-21-27(9-3)18-28(10-4)22-32/h11-22,37-38H,7-10H2,1-6H3,(H,43,51)(H,44,52). The van der Waals surface area contributed by atoms with Crippen LogP contribution in [0.2, 0.25) is 10.0 Å². The second-order valence-corrected chi connectivity index (χ2v) is 13.0. The zero-order valence-electron chi connectivity index (χ0n) is 30.1. The molecule has 0 radical (unpaired) electrons. The molecule has 0 aromatic heterocycles. The molecule has 10 nitrogen and oxygen atoms in total. The first-order valence-corrected chi connectivity index (χ1v) is 17.9. The van der Waals surface area contributed by atoms with Crippen molar-refractivity contribution in [3.8, 4) is 11.1 Å². The highest BCUT2D eigenvalue weighted by Gasteiger charge is 2.25. The minimum atomic E-state index is -1.39. The van der Waals surface area contributed by atoms with Crippen LogP contribution in [-0.4, -0.2) is 35.5 Å². The minimum absolute atomic E-state index is 0.0865. The van der Waals surface area contributed by atoms with Crippen LogP contribution in [0.5, 0.6) is 0 Å². The molecular formula is C40H42Cl2N6O4. The minimum Gasteiger partial charge on any atom is -0.324 e. The number of nitrogens with one attached hydrogen (secondary N) is 2. The van der Waals surface area contributed by atoms with E-state index in [4.69, 9.17) is 23.2 Å². The summed E-state index contributed by atoms with van der Waals surface area (Å²) in [5.74, 6) is -2.10. The molecule has 0 fully saturated rings. The zero-order chi connectivity index (χ0) is 37.9. The van der Waals surface area contributed by atoms with Crippen LogP contribution in [0.4, 0.5) is 22.7 Å². The van der Waals surface area contributed by atoms with Gasteiger partial charge in [0.15, 0.2) is 11.6 Å². The molecule has 2 N–H and O–H groups in total. The lowest BCUT2D eigenvalue weighted by Gasteiger charge is -2.12. The maximum atomic E-state index is 13.1. The molecule has 0 aliphatic heterocycles. The number of azo groups is 2. The molecule has 0 spiro atoms. The smallest absolute Gasteiger partial charge is 0.258 e. The third kappa shape index (κ3) is 10.3. The van der Waals surface area contributed by atoms with E-state index < -0.39 is 35.5 Å². The fourth-order valence-corrected chi connectivity index (χ4v) is 5.81. The highest BCUT2D eigenvalue weighted by atomic mass is 35.5. The van der Waals surface area contributed by atoms with Crippen molar-refractivity contribution >= 4 is 69.3 Å². The predicted molar refractivity (Wildman–Crippen MR) is 208 cm³/mol. The third-order valence-electron chi connectivity index (χ3n) is 8.35. The van der Waals surface area contributed by atoms with Crippen LogP contribution in [0.1, 0.15) is 63.8 Å². The number of benzene rings is 4. The molecule has 2 unspecified atom stereocenters. The topological polar surface area (TPSA) is 142 Å². The van der Waals surface area contributed by atoms with E-state index in [1.54, 1.807) is 36.4 Å². The lowest BCUT2D eigenvalue weighted by Crippen LogP contribution is -2.31. The maximum Gasteiger partial charge on any atom is 0.258 e. The SMILES string of the molecule is CCc1cc(CC)cc(NC(=O)C(N=Nc2ccc(-c3ccc(N=NC(C(C)=O)C(=O)Nc4cc(CC)cc(CC)c4)c(Cl)c3Cl)cc2)C(C)=O)c1. The van der Waals surface area contributed by atoms with Crippen LogP contribution in [0.15, 0.2) is 93.3 Å². The van der Waals surface area contributed by atoms with Gasteiger partial charge >= 0.3 is 0 Å². The quantitative estimate of drug-likeness (QED) is 0.0924. The Morgan fingerprint density at radius 3 is 1.40 bits per heavy atom. The Bertz CT molecular complexity index is 1980. The average molecular weight is 742 g/mol. The number of anilines is 2. The van der Waals surface area contributed by atoms with Gasteiger partial charge in [-0.3, -0.25) is 19.2 Å². The van der Waals surface area contributed by atoms with Crippen molar-refractivity contribution < 1.29 is 19.2 Å². The van der Waals surface area contributed by atoms with Crippen molar-refractivity contribution in [1.82, 2.24) is 0 Å². The summed E-state index contributed by atoms with van der Waals surface area (Å²) < 4.78 is 0. The Balaban J connectivity index is 1.47. The van der Waals surface area contributed by atoms with Crippen LogP contribution in [0.3, 0.4) is 0 Å². The molecule has 0 saturated carbocycles. The van der Waals surface area contributed by atoms with E-state index in [9.17, 15) is 19.2 Å². The molecule has 0 heterocycles. The Morgan fingerprint density at radius 2 is 1.00 bits per heavy atom. The van der Waals surface area contributed by atoms with E-state index >= 15 is 0 Å². The van der Waals surface area contributed by atoms with Crippen molar-refractivity contribution in [2.75, 3.05) is 10.6 Å². The highest BCUT2D eigenvalue weighted by molar-refractivity contribution is 6.45. The lowest BCUT2D eigenvalue weighted by atomic mass is 10.0. The number of amides is 2. The molecule has 52 heavy (non-hydrogen) atoms. The summed E-state index contributed by atoms with van der Waals surface area (Å²) >= 11 is 13.2. The van der Waals surface area contributed by atoms with Gasteiger partial charge in [0.25, 0.3) is 11.8 Å². The fourth-order valence-electron chi connectivity index (χ4n) is 5.34. The van der Waals surface area contributed by atoms with Crippen molar-refractivity contribution in [1.29, 1.82) is 0 Å².